The fourth-order valence-electron chi connectivity index (χ4n) is 4.32. The summed E-state index contributed by atoms with van der Waals surface area (Å²) < 4.78 is 0. The highest BCUT2D eigenvalue weighted by molar-refractivity contribution is 5.93. The van der Waals surface area contributed by atoms with Crippen LogP contribution in [0.25, 0.3) is 0 Å². The molecule has 3 rings (SSSR count). The molecule has 7 nitrogen and oxygen atoms in total. The molecule has 1 aliphatic rings. The van der Waals surface area contributed by atoms with Gasteiger partial charge in [-0.1, -0.05) is 30.3 Å². The minimum absolute atomic E-state index is 0.0710. The first kappa shape index (κ1) is 21.9. The van der Waals surface area contributed by atoms with Crippen LogP contribution in [0.1, 0.15) is 54.4 Å². The van der Waals surface area contributed by atoms with Crippen molar-refractivity contribution in [1.82, 2.24) is 20.2 Å². The van der Waals surface area contributed by atoms with Crippen LogP contribution in [0.2, 0.25) is 0 Å². The third-order valence-electron chi connectivity index (χ3n) is 6.19. The van der Waals surface area contributed by atoms with E-state index in [0.29, 0.717) is 30.8 Å². The zero-order chi connectivity index (χ0) is 21.7. The molecule has 30 heavy (non-hydrogen) atoms. The van der Waals surface area contributed by atoms with Gasteiger partial charge in [-0.15, -0.1) is 0 Å². The Morgan fingerprint density at radius 1 is 1.17 bits per heavy atom. The fourth-order valence-corrected chi connectivity index (χ4v) is 4.32. The van der Waals surface area contributed by atoms with Crippen LogP contribution in [0.4, 0.5) is 0 Å². The molecule has 1 aliphatic carbocycles. The quantitative estimate of drug-likeness (QED) is 0.737. The molecule has 1 heterocycles. The number of amides is 2. The zero-order valence-electron chi connectivity index (χ0n) is 17.8. The zero-order valence-corrected chi connectivity index (χ0v) is 17.8. The molecule has 3 atom stereocenters. The van der Waals surface area contributed by atoms with E-state index in [1.807, 2.05) is 18.2 Å². The van der Waals surface area contributed by atoms with Crippen LogP contribution < -0.4 is 5.32 Å². The summed E-state index contributed by atoms with van der Waals surface area (Å²) in [7, 11) is 1.72. The number of aliphatic hydroxyl groups is 1. The van der Waals surface area contributed by atoms with Crippen LogP contribution in [0, 0.1) is 6.92 Å². The first-order chi connectivity index (χ1) is 14.3. The van der Waals surface area contributed by atoms with Crippen LogP contribution >= 0.6 is 0 Å². The lowest BCUT2D eigenvalue weighted by molar-refractivity contribution is -0.119. The Bertz CT molecular complexity index is 872. The average Bonchev–Trinajstić information content (AvgIpc) is 2.92. The highest BCUT2D eigenvalue weighted by Crippen LogP contribution is 2.39. The Morgan fingerprint density at radius 2 is 1.80 bits per heavy atom. The first-order valence-corrected chi connectivity index (χ1v) is 10.4. The lowest BCUT2D eigenvalue weighted by Gasteiger charge is -2.34. The molecule has 0 bridgehead atoms. The van der Waals surface area contributed by atoms with Gasteiger partial charge in [0, 0.05) is 38.3 Å². The minimum atomic E-state index is -0.645. The Kier molecular flexibility index (Phi) is 6.82. The summed E-state index contributed by atoms with van der Waals surface area (Å²) >= 11 is 0. The van der Waals surface area contributed by atoms with Crippen molar-refractivity contribution in [3.05, 3.63) is 59.7 Å². The van der Waals surface area contributed by atoms with Crippen LogP contribution in [0.3, 0.4) is 0 Å². The van der Waals surface area contributed by atoms with Gasteiger partial charge < -0.3 is 15.3 Å². The number of carbonyl (C=O) groups is 2. The van der Waals surface area contributed by atoms with Gasteiger partial charge in [-0.3, -0.25) is 9.59 Å². The van der Waals surface area contributed by atoms with Crippen molar-refractivity contribution in [1.29, 1.82) is 0 Å². The number of hydrogen-bond acceptors (Lipinski definition) is 5. The number of aromatic nitrogens is 2. The number of rotatable bonds is 5. The SMILES string of the molecule is CC(=O)NC[C@]1(c2ccccc2)CC[C@@H](O)[C@H](N(C)C(=O)c2cnc(C)nc2)CC1. The molecule has 2 amide bonds. The highest BCUT2D eigenvalue weighted by atomic mass is 16.3. The molecular formula is C23H30N4O3. The van der Waals surface area contributed by atoms with E-state index in [1.54, 1.807) is 18.9 Å². The van der Waals surface area contributed by atoms with E-state index in [-0.39, 0.29) is 23.3 Å². The second-order valence-corrected chi connectivity index (χ2v) is 8.20. The molecule has 1 aromatic heterocycles. The molecule has 0 saturated heterocycles. The van der Waals surface area contributed by atoms with Gasteiger partial charge >= 0.3 is 0 Å². The molecule has 2 aromatic rings. The van der Waals surface area contributed by atoms with Gasteiger partial charge in [-0.2, -0.15) is 0 Å². The van der Waals surface area contributed by atoms with Gasteiger partial charge in [0.1, 0.15) is 5.82 Å². The summed E-state index contributed by atoms with van der Waals surface area (Å²) in [6.45, 7) is 3.80. The summed E-state index contributed by atoms with van der Waals surface area (Å²) in [6.07, 6.45) is 5.05. The van der Waals surface area contributed by atoms with E-state index in [2.05, 4.69) is 27.4 Å². The Labute approximate surface area is 177 Å². The third-order valence-corrected chi connectivity index (χ3v) is 6.19. The van der Waals surface area contributed by atoms with E-state index in [9.17, 15) is 14.7 Å². The first-order valence-electron chi connectivity index (χ1n) is 10.4. The van der Waals surface area contributed by atoms with E-state index in [1.165, 1.54) is 19.3 Å². The van der Waals surface area contributed by atoms with Crippen molar-refractivity contribution >= 4 is 11.8 Å². The van der Waals surface area contributed by atoms with E-state index >= 15 is 0 Å². The number of likely N-dealkylation sites (N-methyl/N-ethyl adjacent to an activating group) is 1. The predicted octanol–water partition coefficient (Wildman–Crippen LogP) is 2.23. The molecule has 1 aromatic carbocycles. The number of nitrogens with zero attached hydrogens (tertiary/aromatic N) is 3. The standard InChI is InChI=1S/C23H30N4O3/c1-16-24-13-18(14-25-16)22(30)27(3)20-9-11-23(12-10-21(20)29,15-26-17(2)28)19-7-5-4-6-8-19/h4-8,13-14,20-21,29H,9-12,15H2,1-3H3,(H,26,28)/t20-,21-,23-/m1/s1. The molecule has 0 unspecified atom stereocenters. The molecule has 0 aliphatic heterocycles. The van der Waals surface area contributed by atoms with Crippen LogP contribution in [0.5, 0.6) is 0 Å². The van der Waals surface area contributed by atoms with Crippen molar-refractivity contribution in [2.45, 2.75) is 57.1 Å². The third kappa shape index (κ3) is 4.84. The Balaban J connectivity index is 1.82. The predicted molar refractivity (Wildman–Crippen MR) is 114 cm³/mol. The van der Waals surface area contributed by atoms with Gasteiger partial charge in [0.25, 0.3) is 5.91 Å². The summed E-state index contributed by atoms with van der Waals surface area (Å²) in [4.78, 5) is 34.4. The topological polar surface area (TPSA) is 95.4 Å². The largest absolute Gasteiger partial charge is 0.391 e. The van der Waals surface area contributed by atoms with E-state index in [4.69, 9.17) is 0 Å². The maximum absolute atomic E-state index is 12.9. The molecule has 1 saturated carbocycles. The van der Waals surface area contributed by atoms with Gasteiger partial charge in [0.2, 0.25) is 5.91 Å². The van der Waals surface area contributed by atoms with Gasteiger partial charge in [-0.25, -0.2) is 9.97 Å². The highest BCUT2D eigenvalue weighted by Gasteiger charge is 2.40. The van der Waals surface area contributed by atoms with Crippen molar-refractivity contribution in [3.8, 4) is 0 Å². The Morgan fingerprint density at radius 3 is 2.43 bits per heavy atom. The number of benzene rings is 1. The van der Waals surface area contributed by atoms with Crippen molar-refractivity contribution in [2.24, 2.45) is 0 Å². The molecule has 1 fully saturated rings. The molecule has 0 spiro atoms. The van der Waals surface area contributed by atoms with Crippen LogP contribution in [-0.4, -0.2) is 57.5 Å². The average molecular weight is 411 g/mol. The van der Waals surface area contributed by atoms with Crippen LogP contribution in [-0.2, 0) is 10.2 Å². The van der Waals surface area contributed by atoms with Gasteiger partial charge in [-0.05, 0) is 38.2 Å². The van der Waals surface area contributed by atoms with Crippen molar-refractivity contribution in [3.63, 3.8) is 0 Å². The number of hydrogen-bond donors (Lipinski definition) is 2. The molecule has 160 valence electrons. The van der Waals surface area contributed by atoms with Crippen molar-refractivity contribution < 1.29 is 14.7 Å². The number of carbonyl (C=O) groups excluding carboxylic acids is 2. The monoisotopic (exact) mass is 410 g/mol. The van der Waals surface area contributed by atoms with Crippen molar-refractivity contribution in [2.75, 3.05) is 13.6 Å². The van der Waals surface area contributed by atoms with Gasteiger partial charge in [0.05, 0.1) is 17.7 Å². The van der Waals surface area contributed by atoms with Gasteiger partial charge in [0.15, 0.2) is 0 Å². The maximum atomic E-state index is 12.9. The van der Waals surface area contributed by atoms with E-state index < -0.39 is 6.10 Å². The lowest BCUT2D eigenvalue weighted by atomic mass is 9.74. The van der Waals surface area contributed by atoms with Crippen LogP contribution in [0.15, 0.2) is 42.7 Å². The summed E-state index contributed by atoms with van der Waals surface area (Å²) in [5.41, 5.74) is 1.28. The second kappa shape index (κ2) is 9.34. The Hall–Kier alpha value is -2.80. The molecular weight excluding hydrogens is 380 g/mol. The fraction of sp³-hybridized carbons (Fsp3) is 0.478. The molecule has 2 N–H and O–H groups in total. The number of nitrogens with one attached hydrogen (secondary N) is 1. The molecule has 7 heteroatoms. The number of aliphatic hydroxyl groups excluding tert-OH is 1. The summed E-state index contributed by atoms with van der Waals surface area (Å²) in [5, 5.41) is 13.9. The summed E-state index contributed by atoms with van der Waals surface area (Å²) in [5.74, 6) is 0.334. The smallest absolute Gasteiger partial charge is 0.257 e. The number of aryl methyl sites for hydroxylation is 1. The normalized spacial score (nSPS) is 24.0. The lowest BCUT2D eigenvalue weighted by Crippen LogP contribution is -2.44. The maximum Gasteiger partial charge on any atom is 0.257 e. The minimum Gasteiger partial charge on any atom is -0.391 e. The molecule has 0 radical (unpaired) electrons. The second-order valence-electron chi connectivity index (χ2n) is 8.20. The van der Waals surface area contributed by atoms with E-state index in [0.717, 1.165) is 18.4 Å². The summed E-state index contributed by atoms with van der Waals surface area (Å²) in [6, 6.07) is 9.80.